The van der Waals surface area contributed by atoms with Crippen molar-refractivity contribution in [2.75, 3.05) is 25.5 Å². The van der Waals surface area contributed by atoms with Gasteiger partial charge in [0, 0.05) is 6.07 Å². The van der Waals surface area contributed by atoms with Crippen molar-refractivity contribution in [1.29, 1.82) is 0 Å². The molecule has 0 aliphatic carbocycles. The highest BCUT2D eigenvalue weighted by atomic mass is 32.2. The highest BCUT2D eigenvalue weighted by Crippen LogP contribution is 2.26. The SMILES string of the molecule is C#CCNc1ccc(S(=O)NC(=O)CNC(=O)OC(C)(C)C)cc1OC. The van der Waals surface area contributed by atoms with Crippen LogP contribution in [0, 0.1) is 12.3 Å². The second-order valence-electron chi connectivity index (χ2n) is 6.07. The van der Waals surface area contributed by atoms with Crippen LogP contribution in [0.5, 0.6) is 5.75 Å². The Balaban J connectivity index is 2.63. The van der Waals surface area contributed by atoms with Crippen LogP contribution < -0.4 is 20.1 Å². The Hall–Kier alpha value is -2.73. The van der Waals surface area contributed by atoms with Crippen molar-refractivity contribution >= 4 is 28.7 Å². The summed E-state index contributed by atoms with van der Waals surface area (Å²) in [6.07, 6.45) is 4.46. The lowest BCUT2D eigenvalue weighted by Crippen LogP contribution is -2.40. The molecular formula is C17H23N3O5S. The molecule has 26 heavy (non-hydrogen) atoms. The fraction of sp³-hybridized carbons (Fsp3) is 0.412. The standard InChI is InChI=1S/C17H23N3O5S/c1-6-9-18-13-8-7-12(10-14(13)24-5)26(23)20-15(21)11-19-16(22)25-17(2,3)4/h1,7-8,10,18H,9,11H2,2-5H3,(H,19,22)(H,20,21). The van der Waals surface area contributed by atoms with Gasteiger partial charge in [-0.3, -0.25) is 9.52 Å². The number of nitrogens with one attached hydrogen (secondary N) is 3. The van der Waals surface area contributed by atoms with Crippen molar-refractivity contribution < 1.29 is 23.3 Å². The molecular weight excluding hydrogens is 358 g/mol. The smallest absolute Gasteiger partial charge is 0.408 e. The molecule has 1 aromatic carbocycles. The van der Waals surface area contributed by atoms with Gasteiger partial charge in [-0.05, 0) is 32.9 Å². The molecule has 0 fully saturated rings. The average molecular weight is 381 g/mol. The van der Waals surface area contributed by atoms with Crippen molar-refractivity contribution in [3.05, 3.63) is 18.2 Å². The maximum Gasteiger partial charge on any atom is 0.408 e. The van der Waals surface area contributed by atoms with Crippen molar-refractivity contribution in [1.82, 2.24) is 10.0 Å². The highest BCUT2D eigenvalue weighted by molar-refractivity contribution is 7.83. The number of anilines is 1. The molecule has 0 aliphatic rings. The van der Waals surface area contributed by atoms with Gasteiger partial charge >= 0.3 is 6.09 Å². The molecule has 0 aliphatic heterocycles. The highest BCUT2D eigenvalue weighted by Gasteiger charge is 2.17. The minimum atomic E-state index is -1.81. The van der Waals surface area contributed by atoms with Crippen molar-refractivity contribution in [2.45, 2.75) is 31.3 Å². The minimum Gasteiger partial charge on any atom is -0.495 e. The maximum atomic E-state index is 12.2. The molecule has 0 aromatic heterocycles. The van der Waals surface area contributed by atoms with Crippen LogP contribution in [0.3, 0.4) is 0 Å². The zero-order chi connectivity index (χ0) is 19.7. The first-order valence-corrected chi connectivity index (χ1v) is 8.84. The van der Waals surface area contributed by atoms with Gasteiger partial charge in [-0.1, -0.05) is 5.92 Å². The van der Waals surface area contributed by atoms with Crippen LogP contribution in [-0.2, 0) is 20.5 Å². The number of methoxy groups -OCH3 is 1. The number of carbonyl (C=O) groups excluding carboxylic acids is 2. The zero-order valence-corrected chi connectivity index (χ0v) is 16.0. The Morgan fingerprint density at radius 2 is 2.00 bits per heavy atom. The molecule has 0 heterocycles. The molecule has 1 unspecified atom stereocenters. The second-order valence-corrected chi connectivity index (χ2v) is 7.28. The topological polar surface area (TPSA) is 106 Å². The van der Waals surface area contributed by atoms with E-state index < -0.39 is 28.6 Å². The first-order valence-electron chi connectivity index (χ1n) is 7.69. The first kappa shape index (κ1) is 21.3. The molecule has 142 valence electrons. The maximum absolute atomic E-state index is 12.2. The molecule has 0 saturated heterocycles. The summed E-state index contributed by atoms with van der Waals surface area (Å²) in [5.74, 6) is 2.25. The lowest BCUT2D eigenvalue weighted by Gasteiger charge is -2.19. The summed E-state index contributed by atoms with van der Waals surface area (Å²) in [5, 5.41) is 5.25. The number of ether oxygens (including phenoxy) is 2. The van der Waals surface area contributed by atoms with Crippen molar-refractivity contribution in [3.63, 3.8) is 0 Å². The summed E-state index contributed by atoms with van der Waals surface area (Å²) in [4.78, 5) is 23.7. The normalized spacial score (nSPS) is 11.7. The number of benzene rings is 1. The minimum absolute atomic E-state index is 0.311. The van der Waals surface area contributed by atoms with Crippen LogP contribution >= 0.6 is 0 Å². The Morgan fingerprint density at radius 1 is 1.31 bits per heavy atom. The number of rotatable bonds is 7. The molecule has 0 saturated carbocycles. The lowest BCUT2D eigenvalue weighted by molar-refractivity contribution is -0.118. The van der Waals surface area contributed by atoms with E-state index in [1.54, 1.807) is 32.9 Å². The van der Waals surface area contributed by atoms with Gasteiger partial charge in [-0.15, -0.1) is 6.42 Å². The van der Waals surface area contributed by atoms with Gasteiger partial charge in [0.15, 0.2) is 11.0 Å². The van der Waals surface area contributed by atoms with Gasteiger partial charge in [0.05, 0.1) is 24.2 Å². The zero-order valence-electron chi connectivity index (χ0n) is 15.2. The number of amides is 2. The van der Waals surface area contributed by atoms with Crippen LogP contribution in [-0.4, -0.2) is 42.0 Å². The van der Waals surface area contributed by atoms with Crippen molar-refractivity contribution in [2.24, 2.45) is 0 Å². The molecule has 2 amide bonds. The molecule has 1 aromatic rings. The Morgan fingerprint density at radius 3 is 2.58 bits per heavy atom. The number of terminal acetylenes is 1. The lowest BCUT2D eigenvalue weighted by atomic mass is 10.2. The summed E-state index contributed by atoms with van der Waals surface area (Å²) in [7, 11) is -0.348. The Labute approximate surface area is 155 Å². The third-order valence-electron chi connectivity index (χ3n) is 2.77. The van der Waals surface area contributed by atoms with Gasteiger partial charge in [0.1, 0.15) is 17.9 Å². The van der Waals surface area contributed by atoms with Gasteiger partial charge in [-0.2, -0.15) is 0 Å². The van der Waals surface area contributed by atoms with Crippen LogP contribution in [0.4, 0.5) is 10.5 Å². The van der Waals surface area contributed by atoms with E-state index in [4.69, 9.17) is 15.9 Å². The fourth-order valence-electron chi connectivity index (χ4n) is 1.74. The number of carbonyl (C=O) groups is 2. The van der Waals surface area contributed by atoms with Crippen LogP contribution in [0.1, 0.15) is 20.8 Å². The summed E-state index contributed by atoms with van der Waals surface area (Å²) in [6, 6.07) is 4.74. The predicted molar refractivity (Wildman–Crippen MR) is 99.1 cm³/mol. The van der Waals surface area contributed by atoms with E-state index in [1.807, 2.05) is 0 Å². The second kappa shape index (κ2) is 9.68. The average Bonchev–Trinajstić information content (AvgIpc) is 2.56. The summed E-state index contributed by atoms with van der Waals surface area (Å²) < 4.78 is 24.8. The number of hydrogen-bond donors (Lipinski definition) is 3. The number of hydrogen-bond acceptors (Lipinski definition) is 6. The van der Waals surface area contributed by atoms with E-state index in [-0.39, 0.29) is 6.54 Å². The monoisotopic (exact) mass is 381 g/mol. The summed E-state index contributed by atoms with van der Waals surface area (Å²) in [6.45, 7) is 5.07. The van der Waals surface area contributed by atoms with Crippen LogP contribution in [0.25, 0.3) is 0 Å². The van der Waals surface area contributed by atoms with E-state index in [0.29, 0.717) is 22.9 Å². The molecule has 1 atom stereocenters. The molecule has 3 N–H and O–H groups in total. The molecule has 1 rings (SSSR count). The molecule has 0 spiro atoms. The molecule has 8 nitrogen and oxygen atoms in total. The molecule has 0 radical (unpaired) electrons. The van der Waals surface area contributed by atoms with Gasteiger partial charge in [-0.25, -0.2) is 9.00 Å². The third-order valence-corrected chi connectivity index (χ3v) is 3.86. The van der Waals surface area contributed by atoms with E-state index in [0.717, 1.165) is 0 Å². The third kappa shape index (κ3) is 7.44. The summed E-state index contributed by atoms with van der Waals surface area (Å²) >= 11 is 0. The first-order chi connectivity index (χ1) is 12.2. The van der Waals surface area contributed by atoms with Crippen molar-refractivity contribution in [3.8, 4) is 18.1 Å². The largest absolute Gasteiger partial charge is 0.495 e. The molecule has 0 bridgehead atoms. The molecule has 9 heteroatoms. The van der Waals surface area contributed by atoms with E-state index in [9.17, 15) is 13.8 Å². The Bertz CT molecular complexity index is 722. The van der Waals surface area contributed by atoms with Gasteiger partial charge in [0.2, 0.25) is 0 Å². The van der Waals surface area contributed by atoms with Gasteiger partial charge in [0.25, 0.3) is 5.91 Å². The number of alkyl carbamates (subject to hydrolysis) is 1. The Kier molecular flexibility index (Phi) is 7.93. The fourth-order valence-corrected chi connectivity index (χ4v) is 2.55. The predicted octanol–water partition coefficient (Wildman–Crippen LogP) is 1.40. The van der Waals surface area contributed by atoms with Gasteiger partial charge < -0.3 is 20.1 Å². The quantitative estimate of drug-likeness (QED) is 0.617. The van der Waals surface area contributed by atoms with Crippen LogP contribution in [0.15, 0.2) is 23.1 Å². The van der Waals surface area contributed by atoms with E-state index in [1.165, 1.54) is 13.2 Å². The van der Waals surface area contributed by atoms with Crippen LogP contribution in [0.2, 0.25) is 0 Å². The van der Waals surface area contributed by atoms with E-state index in [2.05, 4.69) is 21.3 Å². The summed E-state index contributed by atoms with van der Waals surface area (Å²) in [5.41, 5.74) is -0.0288. The van der Waals surface area contributed by atoms with E-state index >= 15 is 0 Å².